The zero-order valence-corrected chi connectivity index (χ0v) is 31.6. The van der Waals surface area contributed by atoms with Gasteiger partial charge < -0.3 is 18.8 Å². The summed E-state index contributed by atoms with van der Waals surface area (Å²) < 4.78 is 19.9. The molecule has 0 unspecified atom stereocenters. The summed E-state index contributed by atoms with van der Waals surface area (Å²) in [6.07, 6.45) is 1.80. The number of ether oxygens (including phenoxy) is 2. The minimum absolute atomic E-state index is 0.435. The first kappa shape index (κ1) is 32.7. The average Bonchev–Trinajstić information content (AvgIpc) is 3.90. The summed E-state index contributed by atoms with van der Waals surface area (Å²) in [5, 5.41) is 2.22. The van der Waals surface area contributed by atoms with Crippen LogP contribution in [-0.4, -0.2) is 0 Å². The molecule has 12 rings (SSSR count). The van der Waals surface area contributed by atoms with Gasteiger partial charge in [-0.25, -0.2) is 0 Å². The summed E-state index contributed by atoms with van der Waals surface area (Å²) in [5.74, 6) is 2.02. The molecule has 0 saturated carbocycles. The van der Waals surface area contributed by atoms with Crippen molar-refractivity contribution in [2.24, 2.45) is 0 Å². The first-order valence-electron chi connectivity index (χ1n) is 19.7. The molecule has 0 N–H and O–H groups in total. The summed E-state index contributed by atoms with van der Waals surface area (Å²) in [5.41, 5.74) is 16.3. The lowest BCUT2D eigenvalue weighted by atomic mass is 9.70. The number of allylic oxidation sites excluding steroid dienone is 2. The number of hydrogen-bond donors (Lipinski definition) is 0. The number of anilines is 3. The Bertz CT molecular complexity index is 3160. The SMILES string of the molecule is CC1=C(C2=COc3c(cccc3N(c3ccccc3)c3cccc(-c4ccc5oc6ccccc6c5c4)c3)O2)c2ccccc2C12c1ccccc1-c1ccccc12. The lowest BCUT2D eigenvalue weighted by Gasteiger charge is -2.31. The third-order valence-electron chi connectivity index (χ3n) is 12.3. The molecule has 2 heterocycles. The van der Waals surface area contributed by atoms with E-state index in [0.717, 1.165) is 61.3 Å². The van der Waals surface area contributed by atoms with E-state index in [1.807, 2.05) is 30.3 Å². The lowest BCUT2D eigenvalue weighted by Crippen LogP contribution is -2.26. The van der Waals surface area contributed by atoms with Gasteiger partial charge in [0.15, 0.2) is 17.3 Å². The van der Waals surface area contributed by atoms with Crippen LogP contribution in [0.2, 0.25) is 0 Å². The van der Waals surface area contributed by atoms with Crippen LogP contribution in [0.25, 0.3) is 49.8 Å². The highest BCUT2D eigenvalue weighted by atomic mass is 16.6. The Kier molecular flexibility index (Phi) is 7.02. The van der Waals surface area contributed by atoms with Crippen molar-refractivity contribution in [1.82, 2.24) is 0 Å². The van der Waals surface area contributed by atoms with Gasteiger partial charge in [-0.2, -0.15) is 0 Å². The van der Waals surface area contributed by atoms with E-state index >= 15 is 0 Å². The van der Waals surface area contributed by atoms with Gasteiger partial charge in [0.2, 0.25) is 0 Å². The van der Waals surface area contributed by atoms with Gasteiger partial charge in [0.25, 0.3) is 0 Å². The standard InChI is InChI=1S/C54H35NO3/c1-34-52(42-22-7-11-25-46(42)54(34)44-23-9-5-19-39(44)40-20-6-10-24-45(40)54)51-33-56-53-47(26-14-28-50(53)58-51)55(37-16-3-2-4-17-37)38-18-13-15-35(31-38)36-29-30-49-43(32-36)41-21-8-12-27-48(41)57-49/h2-33H,1H3. The molecule has 274 valence electrons. The zero-order valence-electron chi connectivity index (χ0n) is 31.6. The maximum atomic E-state index is 6.99. The molecular weight excluding hydrogens is 711 g/mol. The highest BCUT2D eigenvalue weighted by Gasteiger charge is 2.52. The number of hydrogen-bond acceptors (Lipinski definition) is 4. The number of para-hydroxylation sites is 3. The minimum Gasteiger partial charge on any atom is -0.456 e. The molecule has 8 aromatic carbocycles. The normalized spacial score (nSPS) is 14.4. The third kappa shape index (κ3) is 4.57. The maximum absolute atomic E-state index is 6.99. The fourth-order valence-electron chi connectivity index (χ4n) is 9.84. The first-order valence-corrected chi connectivity index (χ1v) is 19.7. The molecule has 4 heteroatoms. The molecule has 0 saturated heterocycles. The highest BCUT2D eigenvalue weighted by molar-refractivity contribution is 6.06. The molecule has 0 atom stereocenters. The average molecular weight is 746 g/mol. The highest BCUT2D eigenvalue weighted by Crippen LogP contribution is 2.63. The van der Waals surface area contributed by atoms with Crippen molar-refractivity contribution in [2.75, 3.05) is 4.90 Å². The monoisotopic (exact) mass is 745 g/mol. The largest absolute Gasteiger partial charge is 0.456 e. The second-order valence-corrected chi connectivity index (χ2v) is 15.2. The van der Waals surface area contributed by atoms with Crippen molar-refractivity contribution in [2.45, 2.75) is 12.3 Å². The molecule has 1 spiro atoms. The maximum Gasteiger partial charge on any atom is 0.193 e. The molecule has 0 bridgehead atoms. The van der Waals surface area contributed by atoms with Crippen LogP contribution in [-0.2, 0) is 5.41 Å². The van der Waals surface area contributed by atoms with E-state index in [4.69, 9.17) is 13.9 Å². The van der Waals surface area contributed by atoms with Crippen LogP contribution in [0.3, 0.4) is 0 Å². The van der Waals surface area contributed by atoms with Gasteiger partial charge in [0.1, 0.15) is 17.4 Å². The Morgan fingerprint density at radius 1 is 0.483 bits per heavy atom. The predicted octanol–water partition coefficient (Wildman–Crippen LogP) is 14.1. The first-order chi connectivity index (χ1) is 28.7. The number of fused-ring (bicyclic) bond motifs is 11. The fourth-order valence-corrected chi connectivity index (χ4v) is 9.84. The van der Waals surface area contributed by atoms with E-state index in [1.54, 1.807) is 6.26 Å². The topological polar surface area (TPSA) is 34.8 Å². The van der Waals surface area contributed by atoms with Crippen LogP contribution < -0.4 is 14.4 Å². The quantitative estimate of drug-likeness (QED) is 0.176. The van der Waals surface area contributed by atoms with Crippen molar-refractivity contribution < 1.29 is 13.9 Å². The van der Waals surface area contributed by atoms with E-state index in [-0.39, 0.29) is 0 Å². The van der Waals surface area contributed by atoms with Gasteiger partial charge >= 0.3 is 0 Å². The van der Waals surface area contributed by atoms with Gasteiger partial charge in [-0.3, -0.25) is 0 Å². The molecule has 0 radical (unpaired) electrons. The van der Waals surface area contributed by atoms with Crippen LogP contribution in [0, 0.1) is 0 Å². The molecular formula is C54H35NO3. The zero-order chi connectivity index (χ0) is 38.4. The van der Waals surface area contributed by atoms with Crippen molar-refractivity contribution in [1.29, 1.82) is 0 Å². The Morgan fingerprint density at radius 3 is 1.90 bits per heavy atom. The Morgan fingerprint density at radius 2 is 1.10 bits per heavy atom. The van der Waals surface area contributed by atoms with Gasteiger partial charge in [-0.1, -0.05) is 133 Å². The van der Waals surface area contributed by atoms with Gasteiger partial charge in [-0.15, -0.1) is 0 Å². The van der Waals surface area contributed by atoms with E-state index in [2.05, 4.69) is 170 Å². The van der Waals surface area contributed by atoms with E-state index in [9.17, 15) is 0 Å². The minimum atomic E-state index is -0.435. The van der Waals surface area contributed by atoms with Crippen LogP contribution >= 0.6 is 0 Å². The second-order valence-electron chi connectivity index (χ2n) is 15.2. The molecule has 2 aliphatic carbocycles. The summed E-state index contributed by atoms with van der Waals surface area (Å²) in [6.45, 7) is 2.27. The molecule has 1 aliphatic heterocycles. The third-order valence-corrected chi connectivity index (χ3v) is 12.3. The summed E-state index contributed by atoms with van der Waals surface area (Å²) in [4.78, 5) is 2.24. The molecule has 0 fully saturated rings. The van der Waals surface area contributed by atoms with Gasteiger partial charge in [-0.05, 0) is 112 Å². The smallest absolute Gasteiger partial charge is 0.193 e. The fraction of sp³-hybridized carbons (Fsp3) is 0.0370. The van der Waals surface area contributed by atoms with Crippen molar-refractivity contribution in [3.63, 3.8) is 0 Å². The van der Waals surface area contributed by atoms with Crippen LogP contribution in [0.1, 0.15) is 29.2 Å². The van der Waals surface area contributed by atoms with E-state index in [0.29, 0.717) is 17.3 Å². The molecule has 1 aromatic heterocycles. The Balaban J connectivity index is 0.970. The van der Waals surface area contributed by atoms with Gasteiger partial charge in [0, 0.05) is 27.7 Å². The molecule has 0 amide bonds. The van der Waals surface area contributed by atoms with Crippen molar-refractivity contribution in [3.8, 4) is 33.8 Å². The predicted molar refractivity (Wildman–Crippen MR) is 234 cm³/mol. The van der Waals surface area contributed by atoms with Gasteiger partial charge in [0.05, 0.1) is 11.1 Å². The number of rotatable bonds is 5. The number of benzene rings is 8. The summed E-state index contributed by atoms with van der Waals surface area (Å²) in [6, 6.07) is 66.3. The summed E-state index contributed by atoms with van der Waals surface area (Å²) in [7, 11) is 0. The Labute approximate surface area is 336 Å². The van der Waals surface area contributed by atoms with Crippen LogP contribution in [0.5, 0.6) is 11.5 Å². The van der Waals surface area contributed by atoms with Crippen LogP contribution in [0.4, 0.5) is 17.1 Å². The summed E-state index contributed by atoms with van der Waals surface area (Å²) >= 11 is 0. The number of nitrogens with zero attached hydrogens (tertiary/aromatic N) is 1. The van der Waals surface area contributed by atoms with Crippen LogP contribution in [0.15, 0.2) is 210 Å². The lowest BCUT2D eigenvalue weighted by molar-refractivity contribution is 0.342. The van der Waals surface area contributed by atoms with Crippen molar-refractivity contribution in [3.05, 3.63) is 228 Å². The number of furan rings is 1. The van der Waals surface area contributed by atoms with E-state index < -0.39 is 5.41 Å². The molecule has 58 heavy (non-hydrogen) atoms. The molecule has 9 aromatic rings. The van der Waals surface area contributed by atoms with E-state index in [1.165, 1.54) is 33.4 Å². The molecule has 3 aliphatic rings. The molecule has 4 nitrogen and oxygen atoms in total. The second kappa shape index (κ2) is 12.5. The Hall–Kier alpha value is -7.56. The van der Waals surface area contributed by atoms with Crippen molar-refractivity contribution >= 4 is 44.6 Å².